The standard InChI is InChI=1S/C27H18F6N2O8/c1-41-16-9-5-6-14(12-16)13-24(42-22(39)26(28,29)30)18-17(36)10-11-34(24)35-19(18)20(37)25(21(35)38,15-7-3-2-4-8-15)43-23(40)27(31,32)33/h2-12,18-19H,13H2,1H3. The van der Waals surface area contributed by atoms with E-state index in [1.807, 2.05) is 0 Å². The molecule has 2 aromatic rings. The summed E-state index contributed by atoms with van der Waals surface area (Å²) >= 11 is 0. The molecule has 2 aromatic carbocycles. The number of esters is 2. The van der Waals surface area contributed by atoms with Crippen molar-refractivity contribution in [1.82, 2.24) is 10.0 Å². The smallest absolute Gasteiger partial charge is 0.491 e. The van der Waals surface area contributed by atoms with Gasteiger partial charge in [-0.2, -0.15) is 26.3 Å². The van der Waals surface area contributed by atoms with Crippen LogP contribution in [-0.4, -0.2) is 70.7 Å². The molecule has 0 spiro atoms. The fourth-order valence-electron chi connectivity index (χ4n) is 5.55. The lowest BCUT2D eigenvalue weighted by molar-refractivity contribution is -0.241. The van der Waals surface area contributed by atoms with Crippen LogP contribution in [0, 0.1) is 5.92 Å². The van der Waals surface area contributed by atoms with Gasteiger partial charge in [0.15, 0.2) is 5.78 Å². The van der Waals surface area contributed by atoms with E-state index in [0.717, 1.165) is 24.4 Å². The molecule has 16 heteroatoms. The van der Waals surface area contributed by atoms with Crippen molar-refractivity contribution in [1.29, 1.82) is 0 Å². The maximum Gasteiger partial charge on any atom is 0.491 e. The number of benzene rings is 2. The maximum absolute atomic E-state index is 14.1. The molecule has 2 bridgehead atoms. The quantitative estimate of drug-likeness (QED) is 0.276. The van der Waals surface area contributed by atoms with Crippen LogP contribution in [0.5, 0.6) is 5.75 Å². The van der Waals surface area contributed by atoms with Gasteiger partial charge in [0.25, 0.3) is 11.5 Å². The summed E-state index contributed by atoms with van der Waals surface area (Å²) in [6.45, 7) is 0. The van der Waals surface area contributed by atoms with Gasteiger partial charge in [0.1, 0.15) is 17.7 Å². The highest BCUT2D eigenvalue weighted by Gasteiger charge is 2.78. The first-order valence-electron chi connectivity index (χ1n) is 12.3. The largest absolute Gasteiger partial charge is 0.497 e. The predicted octanol–water partition coefficient (Wildman–Crippen LogP) is 2.76. The van der Waals surface area contributed by atoms with E-state index in [9.17, 15) is 50.3 Å². The monoisotopic (exact) mass is 612 g/mol. The molecule has 226 valence electrons. The van der Waals surface area contributed by atoms with Crippen LogP contribution in [-0.2, 0) is 45.5 Å². The van der Waals surface area contributed by atoms with E-state index in [-0.39, 0.29) is 11.3 Å². The van der Waals surface area contributed by atoms with Crippen LogP contribution in [0.3, 0.4) is 0 Å². The molecule has 0 radical (unpaired) electrons. The Morgan fingerprint density at radius 1 is 0.884 bits per heavy atom. The van der Waals surface area contributed by atoms with Crippen molar-refractivity contribution in [2.24, 2.45) is 5.92 Å². The van der Waals surface area contributed by atoms with Crippen LogP contribution < -0.4 is 4.74 Å². The Labute approximate surface area is 237 Å². The van der Waals surface area contributed by atoms with E-state index >= 15 is 0 Å². The van der Waals surface area contributed by atoms with Crippen LogP contribution in [0.25, 0.3) is 0 Å². The van der Waals surface area contributed by atoms with E-state index in [4.69, 9.17) is 9.47 Å². The second-order valence-electron chi connectivity index (χ2n) is 9.69. The van der Waals surface area contributed by atoms with Gasteiger partial charge >= 0.3 is 24.3 Å². The van der Waals surface area contributed by atoms with Crippen molar-refractivity contribution in [3.63, 3.8) is 0 Å². The molecule has 5 rings (SSSR count). The number of Topliss-reactive ketones (excluding diaryl/α,β-unsaturated/α-hetero) is 1. The fraction of sp³-hybridized carbons (Fsp3) is 0.296. The molecule has 4 atom stereocenters. The van der Waals surface area contributed by atoms with Crippen LogP contribution >= 0.6 is 0 Å². The zero-order valence-corrected chi connectivity index (χ0v) is 21.6. The van der Waals surface area contributed by atoms with Gasteiger partial charge in [0.2, 0.25) is 11.5 Å². The minimum absolute atomic E-state index is 0.131. The summed E-state index contributed by atoms with van der Waals surface area (Å²) in [4.78, 5) is 65.8. The van der Waals surface area contributed by atoms with Crippen LogP contribution in [0.4, 0.5) is 26.3 Å². The first kappa shape index (κ1) is 29.6. The highest BCUT2D eigenvalue weighted by molar-refractivity contribution is 6.21. The second kappa shape index (κ2) is 9.84. The molecule has 43 heavy (non-hydrogen) atoms. The average molecular weight is 612 g/mol. The third-order valence-corrected chi connectivity index (χ3v) is 7.25. The van der Waals surface area contributed by atoms with E-state index in [1.54, 1.807) is 0 Å². The lowest BCUT2D eigenvalue weighted by Crippen LogP contribution is -2.61. The Morgan fingerprint density at radius 2 is 1.51 bits per heavy atom. The van der Waals surface area contributed by atoms with Gasteiger partial charge in [-0.15, -0.1) is 0 Å². The Balaban J connectivity index is 1.70. The van der Waals surface area contributed by atoms with E-state index < -0.39 is 77.0 Å². The summed E-state index contributed by atoms with van der Waals surface area (Å²) < 4.78 is 95.2. The van der Waals surface area contributed by atoms with Crippen molar-refractivity contribution in [3.05, 3.63) is 78.0 Å². The number of halogens is 6. The summed E-state index contributed by atoms with van der Waals surface area (Å²) in [5, 5.41) is 0.980. The molecule has 3 heterocycles. The number of fused-ring (bicyclic) bond motifs is 5. The SMILES string of the molecule is COc1cccc(CC2(OC(=O)C(F)(F)F)C3C(=O)C=CN2N2C(=O)C(OC(=O)C(F)(F)F)(c4ccccc4)C(=O)C32)c1. The van der Waals surface area contributed by atoms with Gasteiger partial charge in [-0.1, -0.05) is 42.5 Å². The average Bonchev–Trinajstić information content (AvgIpc) is 3.24. The molecule has 2 saturated heterocycles. The Kier molecular flexibility index (Phi) is 6.78. The molecule has 3 aliphatic rings. The third-order valence-electron chi connectivity index (χ3n) is 7.25. The number of rotatable bonds is 6. The first-order chi connectivity index (χ1) is 20.1. The number of hydrogen-bond acceptors (Lipinski definition) is 9. The van der Waals surface area contributed by atoms with Crippen LogP contribution in [0.1, 0.15) is 11.1 Å². The van der Waals surface area contributed by atoms with Gasteiger partial charge < -0.3 is 14.2 Å². The zero-order chi connectivity index (χ0) is 31.5. The molecule has 10 nitrogen and oxygen atoms in total. The second-order valence-corrected chi connectivity index (χ2v) is 9.69. The zero-order valence-electron chi connectivity index (χ0n) is 21.6. The fourth-order valence-corrected chi connectivity index (χ4v) is 5.55. The maximum atomic E-state index is 14.1. The molecule has 0 aliphatic carbocycles. The highest BCUT2D eigenvalue weighted by Crippen LogP contribution is 2.54. The van der Waals surface area contributed by atoms with Crippen LogP contribution in [0.2, 0.25) is 0 Å². The number of hydrazine groups is 1. The highest BCUT2D eigenvalue weighted by atomic mass is 19.4. The van der Waals surface area contributed by atoms with E-state index in [1.165, 1.54) is 49.6 Å². The van der Waals surface area contributed by atoms with Gasteiger partial charge in [-0.3, -0.25) is 14.4 Å². The molecule has 1 amide bonds. The Morgan fingerprint density at radius 3 is 2.12 bits per heavy atom. The Hall–Kier alpha value is -4.89. The van der Waals surface area contributed by atoms with E-state index in [2.05, 4.69) is 4.74 Å². The van der Waals surface area contributed by atoms with Gasteiger partial charge in [-0.05, 0) is 23.8 Å². The summed E-state index contributed by atoms with van der Waals surface area (Å²) in [6.07, 6.45) is -10.4. The molecule has 4 unspecified atom stereocenters. The number of carbonyl (C=O) groups excluding carboxylic acids is 5. The minimum Gasteiger partial charge on any atom is -0.497 e. The Bertz CT molecular complexity index is 1560. The third kappa shape index (κ3) is 4.47. The molecule has 0 N–H and O–H groups in total. The molecular formula is C27H18F6N2O8. The number of methoxy groups -OCH3 is 1. The predicted molar refractivity (Wildman–Crippen MR) is 127 cm³/mol. The summed E-state index contributed by atoms with van der Waals surface area (Å²) in [6, 6.07) is 9.36. The van der Waals surface area contributed by atoms with E-state index in [0.29, 0.717) is 10.0 Å². The van der Waals surface area contributed by atoms with Gasteiger partial charge in [0.05, 0.1) is 7.11 Å². The number of allylic oxidation sites excluding steroid dienone is 1. The number of nitrogens with zero attached hydrogens (tertiary/aromatic N) is 2. The molecule has 0 saturated carbocycles. The summed E-state index contributed by atoms with van der Waals surface area (Å²) in [5.41, 5.74) is -6.38. The number of ether oxygens (including phenoxy) is 3. The van der Waals surface area contributed by atoms with Crippen molar-refractivity contribution in [2.45, 2.75) is 36.1 Å². The lowest BCUT2D eigenvalue weighted by atomic mass is 9.77. The normalized spacial score (nSPS) is 26.4. The van der Waals surface area contributed by atoms with Crippen molar-refractivity contribution >= 4 is 29.4 Å². The molecule has 0 aromatic heterocycles. The lowest BCUT2D eigenvalue weighted by Gasteiger charge is -2.44. The first-order valence-corrected chi connectivity index (χ1v) is 12.3. The topological polar surface area (TPSA) is 120 Å². The molecule has 2 fully saturated rings. The molecular weight excluding hydrogens is 594 g/mol. The number of ketones is 2. The number of alkyl halides is 6. The van der Waals surface area contributed by atoms with Gasteiger partial charge in [0, 0.05) is 18.2 Å². The van der Waals surface area contributed by atoms with Crippen LogP contribution in [0.15, 0.2) is 66.9 Å². The summed E-state index contributed by atoms with van der Waals surface area (Å²) in [5.74, 6) is -11.9. The van der Waals surface area contributed by atoms with Crippen molar-refractivity contribution in [3.8, 4) is 5.75 Å². The van der Waals surface area contributed by atoms with Gasteiger partial charge in [-0.25, -0.2) is 19.6 Å². The number of hydrogen-bond donors (Lipinski definition) is 0. The molecule has 3 aliphatic heterocycles. The van der Waals surface area contributed by atoms with Crippen molar-refractivity contribution in [2.75, 3.05) is 7.11 Å². The minimum atomic E-state index is -5.67. The number of carbonyl (C=O) groups is 5. The summed E-state index contributed by atoms with van der Waals surface area (Å²) in [7, 11) is 1.29. The number of amides is 1. The van der Waals surface area contributed by atoms with Crippen molar-refractivity contribution < 1.29 is 64.5 Å².